The van der Waals surface area contributed by atoms with E-state index in [0.717, 1.165) is 12.0 Å². The third-order valence-corrected chi connectivity index (χ3v) is 3.86. The van der Waals surface area contributed by atoms with E-state index in [1.807, 2.05) is 12.1 Å². The minimum absolute atomic E-state index is 0.0311. The van der Waals surface area contributed by atoms with E-state index in [9.17, 15) is 4.79 Å². The standard InChI is InChI=1S/C17H21NO2/c1-13-6-2-3-10-16(13)18-17(20)15-9-4-7-14(12-15)8-5-11-19/h4,7,9,12-13,16,19H,2-3,6,10-11H2,1H3,(H,18,20). The number of aliphatic hydroxyl groups excluding tert-OH is 1. The number of nitrogens with one attached hydrogen (secondary N) is 1. The normalized spacial score (nSPS) is 21.7. The molecule has 0 radical (unpaired) electrons. The Kier molecular flexibility index (Phi) is 5.20. The van der Waals surface area contributed by atoms with Crippen molar-refractivity contribution in [1.82, 2.24) is 5.32 Å². The van der Waals surface area contributed by atoms with Gasteiger partial charge in [0.15, 0.2) is 0 Å². The molecule has 2 N–H and O–H groups in total. The number of hydrogen-bond acceptors (Lipinski definition) is 2. The van der Waals surface area contributed by atoms with Gasteiger partial charge in [0.05, 0.1) is 0 Å². The van der Waals surface area contributed by atoms with Crippen molar-refractivity contribution in [2.75, 3.05) is 6.61 Å². The minimum atomic E-state index is -0.171. The van der Waals surface area contributed by atoms with Gasteiger partial charge in [-0.15, -0.1) is 0 Å². The molecular weight excluding hydrogens is 250 g/mol. The van der Waals surface area contributed by atoms with Gasteiger partial charge in [-0.1, -0.05) is 37.7 Å². The molecule has 2 rings (SSSR count). The van der Waals surface area contributed by atoms with Crippen LogP contribution < -0.4 is 5.32 Å². The number of amides is 1. The van der Waals surface area contributed by atoms with Crippen molar-refractivity contribution in [2.45, 2.75) is 38.6 Å². The maximum Gasteiger partial charge on any atom is 0.251 e. The first-order chi connectivity index (χ1) is 9.70. The molecule has 1 aliphatic carbocycles. The number of aliphatic hydroxyl groups is 1. The second-order valence-corrected chi connectivity index (χ2v) is 5.38. The van der Waals surface area contributed by atoms with Crippen molar-refractivity contribution in [1.29, 1.82) is 0 Å². The number of hydrogen-bond donors (Lipinski definition) is 2. The van der Waals surface area contributed by atoms with Crippen molar-refractivity contribution in [3.05, 3.63) is 35.4 Å². The molecule has 2 atom stereocenters. The zero-order chi connectivity index (χ0) is 14.4. The Morgan fingerprint density at radius 2 is 2.20 bits per heavy atom. The molecule has 0 heterocycles. The van der Waals surface area contributed by atoms with Gasteiger partial charge in [0.1, 0.15) is 6.61 Å². The van der Waals surface area contributed by atoms with Crippen LogP contribution in [0.15, 0.2) is 24.3 Å². The summed E-state index contributed by atoms with van der Waals surface area (Å²) in [6.07, 6.45) is 4.71. The molecule has 2 unspecified atom stereocenters. The first-order valence-corrected chi connectivity index (χ1v) is 7.21. The third-order valence-electron chi connectivity index (χ3n) is 3.86. The summed E-state index contributed by atoms with van der Waals surface area (Å²) in [6, 6.07) is 7.50. The van der Waals surface area contributed by atoms with Gasteiger partial charge < -0.3 is 10.4 Å². The summed E-state index contributed by atoms with van der Waals surface area (Å²) >= 11 is 0. The molecule has 1 aromatic rings. The molecule has 106 valence electrons. The second-order valence-electron chi connectivity index (χ2n) is 5.38. The molecule has 0 aromatic heterocycles. The summed E-state index contributed by atoms with van der Waals surface area (Å²) in [4.78, 5) is 12.3. The van der Waals surface area contributed by atoms with Crippen LogP contribution >= 0.6 is 0 Å². The molecule has 1 fully saturated rings. The van der Waals surface area contributed by atoms with Gasteiger partial charge in [-0.3, -0.25) is 4.79 Å². The highest BCUT2D eigenvalue weighted by Crippen LogP contribution is 2.24. The Balaban J connectivity index is 2.05. The lowest BCUT2D eigenvalue weighted by molar-refractivity contribution is 0.0910. The van der Waals surface area contributed by atoms with E-state index in [4.69, 9.17) is 5.11 Å². The van der Waals surface area contributed by atoms with E-state index in [-0.39, 0.29) is 18.6 Å². The van der Waals surface area contributed by atoms with Crippen LogP contribution in [0.3, 0.4) is 0 Å². The fourth-order valence-corrected chi connectivity index (χ4v) is 2.66. The lowest BCUT2D eigenvalue weighted by Crippen LogP contribution is -2.41. The third kappa shape index (κ3) is 3.85. The maximum atomic E-state index is 12.3. The van der Waals surface area contributed by atoms with Crippen molar-refractivity contribution >= 4 is 5.91 Å². The van der Waals surface area contributed by atoms with Crippen molar-refractivity contribution < 1.29 is 9.90 Å². The van der Waals surface area contributed by atoms with Crippen LogP contribution in [0.5, 0.6) is 0 Å². The molecule has 1 saturated carbocycles. The lowest BCUT2D eigenvalue weighted by atomic mass is 9.86. The molecule has 3 nitrogen and oxygen atoms in total. The first-order valence-electron chi connectivity index (χ1n) is 7.21. The summed E-state index contributed by atoms with van der Waals surface area (Å²) < 4.78 is 0. The summed E-state index contributed by atoms with van der Waals surface area (Å²) in [6.45, 7) is 2.03. The minimum Gasteiger partial charge on any atom is -0.384 e. The zero-order valence-corrected chi connectivity index (χ0v) is 11.9. The second kappa shape index (κ2) is 7.12. The number of rotatable bonds is 2. The summed E-state index contributed by atoms with van der Waals surface area (Å²) in [5, 5.41) is 11.8. The van der Waals surface area contributed by atoms with E-state index in [1.165, 1.54) is 19.3 Å². The molecule has 1 aromatic carbocycles. The largest absolute Gasteiger partial charge is 0.384 e. The highest BCUT2D eigenvalue weighted by atomic mass is 16.2. The Morgan fingerprint density at radius 3 is 2.95 bits per heavy atom. The highest BCUT2D eigenvalue weighted by molar-refractivity contribution is 5.94. The monoisotopic (exact) mass is 271 g/mol. The number of carbonyl (C=O) groups excluding carboxylic acids is 1. The van der Waals surface area contributed by atoms with Crippen LogP contribution in [0, 0.1) is 17.8 Å². The lowest BCUT2D eigenvalue weighted by Gasteiger charge is -2.29. The molecule has 1 aliphatic rings. The van der Waals surface area contributed by atoms with Gasteiger partial charge in [-0.2, -0.15) is 0 Å². The van der Waals surface area contributed by atoms with Gasteiger partial charge in [0.2, 0.25) is 0 Å². The van der Waals surface area contributed by atoms with Crippen LogP contribution in [0.25, 0.3) is 0 Å². The van der Waals surface area contributed by atoms with Crippen LogP contribution in [-0.2, 0) is 0 Å². The average Bonchev–Trinajstić information content (AvgIpc) is 2.48. The quantitative estimate of drug-likeness (QED) is 0.811. The Labute approximate surface area is 120 Å². The first kappa shape index (κ1) is 14.6. The Bertz CT molecular complexity index is 527. The average molecular weight is 271 g/mol. The fraction of sp³-hybridized carbons (Fsp3) is 0.471. The summed E-state index contributed by atoms with van der Waals surface area (Å²) in [5.41, 5.74) is 1.39. The molecule has 0 saturated heterocycles. The van der Waals surface area contributed by atoms with Gasteiger partial charge in [-0.05, 0) is 37.0 Å². The predicted octanol–water partition coefficient (Wildman–Crippen LogP) is 2.34. The molecular formula is C17H21NO2. The predicted molar refractivity (Wildman–Crippen MR) is 79.3 cm³/mol. The fourth-order valence-electron chi connectivity index (χ4n) is 2.66. The molecule has 0 spiro atoms. The highest BCUT2D eigenvalue weighted by Gasteiger charge is 2.23. The van der Waals surface area contributed by atoms with E-state index in [0.29, 0.717) is 11.5 Å². The van der Waals surface area contributed by atoms with Crippen molar-refractivity contribution in [3.63, 3.8) is 0 Å². The molecule has 0 aliphatic heterocycles. The summed E-state index contributed by atoms with van der Waals surface area (Å²) in [5.74, 6) is 5.93. The Morgan fingerprint density at radius 1 is 1.40 bits per heavy atom. The molecule has 3 heteroatoms. The maximum absolute atomic E-state index is 12.3. The molecule has 1 amide bonds. The van der Waals surface area contributed by atoms with E-state index in [1.54, 1.807) is 12.1 Å². The van der Waals surface area contributed by atoms with Crippen molar-refractivity contribution in [3.8, 4) is 11.8 Å². The van der Waals surface area contributed by atoms with Crippen LogP contribution in [0.2, 0.25) is 0 Å². The van der Waals surface area contributed by atoms with Gasteiger partial charge in [0.25, 0.3) is 5.91 Å². The van der Waals surface area contributed by atoms with Crippen molar-refractivity contribution in [2.24, 2.45) is 5.92 Å². The molecule has 0 bridgehead atoms. The van der Waals surface area contributed by atoms with Gasteiger partial charge in [0, 0.05) is 17.2 Å². The SMILES string of the molecule is CC1CCCCC1NC(=O)c1cccc(C#CCO)c1. The van der Waals surface area contributed by atoms with Gasteiger partial charge >= 0.3 is 0 Å². The van der Waals surface area contributed by atoms with E-state index < -0.39 is 0 Å². The number of benzene rings is 1. The summed E-state index contributed by atoms with van der Waals surface area (Å²) in [7, 11) is 0. The van der Waals surface area contributed by atoms with E-state index >= 15 is 0 Å². The number of carbonyl (C=O) groups is 1. The zero-order valence-electron chi connectivity index (χ0n) is 11.9. The smallest absolute Gasteiger partial charge is 0.251 e. The molecule has 20 heavy (non-hydrogen) atoms. The van der Waals surface area contributed by atoms with Crippen LogP contribution in [0.1, 0.15) is 48.5 Å². The Hall–Kier alpha value is -1.79. The topological polar surface area (TPSA) is 49.3 Å². The van der Waals surface area contributed by atoms with Gasteiger partial charge in [-0.25, -0.2) is 0 Å². The van der Waals surface area contributed by atoms with Crippen LogP contribution in [0.4, 0.5) is 0 Å². The van der Waals surface area contributed by atoms with Crippen LogP contribution in [-0.4, -0.2) is 23.7 Å². The van der Waals surface area contributed by atoms with E-state index in [2.05, 4.69) is 24.1 Å².